The number of aryl methyl sites for hydroxylation is 1. The van der Waals surface area contributed by atoms with Gasteiger partial charge in [0.25, 0.3) is 0 Å². The first kappa shape index (κ1) is 12.8. The van der Waals surface area contributed by atoms with Gasteiger partial charge in [0.2, 0.25) is 0 Å². The number of nitrogens with one attached hydrogen (secondary N) is 1. The topological polar surface area (TPSA) is 41.1 Å². The van der Waals surface area contributed by atoms with Crippen molar-refractivity contribution in [3.8, 4) is 0 Å². The van der Waals surface area contributed by atoms with Crippen LogP contribution in [0.3, 0.4) is 0 Å². The van der Waals surface area contributed by atoms with Crippen LogP contribution in [-0.2, 0) is 19.4 Å². The highest BCUT2D eigenvalue weighted by Crippen LogP contribution is 2.37. The molecule has 5 heteroatoms. The minimum absolute atomic E-state index is 0.886. The molecular weight excluding hydrogens is 256 g/mol. The SMILES string of the molecule is CCNc1nc(CC)nc2sc3c(c12)CCN(C)C3. The molecule has 0 bridgehead atoms. The summed E-state index contributed by atoms with van der Waals surface area (Å²) in [5.74, 6) is 1.97. The number of fused-ring (bicyclic) bond motifs is 3. The maximum absolute atomic E-state index is 4.72. The van der Waals surface area contributed by atoms with Crippen LogP contribution in [0.2, 0.25) is 0 Å². The predicted molar refractivity (Wildman–Crippen MR) is 81.0 cm³/mol. The fraction of sp³-hybridized carbons (Fsp3) is 0.571. The molecule has 0 radical (unpaired) electrons. The zero-order chi connectivity index (χ0) is 13.4. The third-order valence-corrected chi connectivity index (χ3v) is 4.71. The van der Waals surface area contributed by atoms with Crippen molar-refractivity contribution in [2.24, 2.45) is 0 Å². The van der Waals surface area contributed by atoms with Crippen molar-refractivity contribution < 1.29 is 0 Å². The molecule has 0 atom stereocenters. The molecule has 19 heavy (non-hydrogen) atoms. The Morgan fingerprint density at radius 3 is 2.89 bits per heavy atom. The van der Waals surface area contributed by atoms with Gasteiger partial charge >= 0.3 is 0 Å². The molecule has 102 valence electrons. The van der Waals surface area contributed by atoms with Crippen LogP contribution < -0.4 is 5.32 Å². The summed E-state index contributed by atoms with van der Waals surface area (Å²) < 4.78 is 0. The van der Waals surface area contributed by atoms with Gasteiger partial charge in [-0.3, -0.25) is 0 Å². The summed E-state index contributed by atoms with van der Waals surface area (Å²) in [4.78, 5) is 14.4. The lowest BCUT2D eigenvalue weighted by atomic mass is 10.1. The van der Waals surface area contributed by atoms with E-state index < -0.39 is 0 Å². The standard InChI is InChI=1S/C14H20N4S/c1-4-11-16-13(15-5-2)12-9-6-7-18(3)8-10(9)19-14(12)17-11/h4-8H2,1-3H3,(H,15,16,17). The van der Waals surface area contributed by atoms with Crippen LogP contribution in [0.4, 0.5) is 5.82 Å². The van der Waals surface area contributed by atoms with E-state index in [1.54, 1.807) is 0 Å². The number of likely N-dealkylation sites (N-methyl/N-ethyl adjacent to an activating group) is 1. The van der Waals surface area contributed by atoms with E-state index in [-0.39, 0.29) is 0 Å². The Morgan fingerprint density at radius 1 is 1.32 bits per heavy atom. The average molecular weight is 276 g/mol. The van der Waals surface area contributed by atoms with E-state index in [0.717, 1.165) is 48.9 Å². The molecule has 1 N–H and O–H groups in total. The minimum Gasteiger partial charge on any atom is -0.370 e. The summed E-state index contributed by atoms with van der Waals surface area (Å²) in [6.07, 6.45) is 2.00. The average Bonchev–Trinajstić information content (AvgIpc) is 2.76. The van der Waals surface area contributed by atoms with Crippen LogP contribution in [0.5, 0.6) is 0 Å². The Labute approximate surface area is 117 Å². The maximum Gasteiger partial charge on any atom is 0.138 e. The number of nitrogens with zero attached hydrogens (tertiary/aromatic N) is 3. The van der Waals surface area contributed by atoms with Crippen molar-refractivity contribution in [3.05, 3.63) is 16.3 Å². The van der Waals surface area contributed by atoms with Crippen LogP contribution in [0.1, 0.15) is 30.1 Å². The smallest absolute Gasteiger partial charge is 0.138 e. The summed E-state index contributed by atoms with van der Waals surface area (Å²) in [7, 11) is 2.18. The lowest BCUT2D eigenvalue weighted by molar-refractivity contribution is 0.318. The molecular formula is C14H20N4S. The second kappa shape index (κ2) is 5.06. The Morgan fingerprint density at radius 2 is 2.16 bits per heavy atom. The molecule has 0 aromatic carbocycles. The molecule has 0 aliphatic carbocycles. The third-order valence-electron chi connectivity index (χ3n) is 3.60. The zero-order valence-electron chi connectivity index (χ0n) is 11.8. The van der Waals surface area contributed by atoms with E-state index in [9.17, 15) is 0 Å². The molecule has 1 aliphatic rings. The normalized spacial score (nSPS) is 15.7. The molecule has 3 heterocycles. The summed E-state index contributed by atoms with van der Waals surface area (Å²) in [5, 5.41) is 4.69. The summed E-state index contributed by atoms with van der Waals surface area (Å²) in [6.45, 7) is 7.30. The van der Waals surface area contributed by atoms with Crippen molar-refractivity contribution in [2.45, 2.75) is 33.2 Å². The molecule has 0 saturated heterocycles. The van der Waals surface area contributed by atoms with E-state index in [1.165, 1.54) is 15.8 Å². The van der Waals surface area contributed by atoms with Crippen LogP contribution >= 0.6 is 11.3 Å². The Bertz CT molecular complexity index is 605. The van der Waals surface area contributed by atoms with Crippen LogP contribution in [-0.4, -0.2) is 35.0 Å². The van der Waals surface area contributed by atoms with Gasteiger partial charge in [0.05, 0.1) is 5.39 Å². The molecule has 3 rings (SSSR count). The van der Waals surface area contributed by atoms with E-state index >= 15 is 0 Å². The van der Waals surface area contributed by atoms with E-state index in [1.807, 2.05) is 11.3 Å². The van der Waals surface area contributed by atoms with E-state index in [0.29, 0.717) is 0 Å². The molecule has 2 aromatic rings. The van der Waals surface area contributed by atoms with Gasteiger partial charge in [-0.05, 0) is 26.0 Å². The first-order valence-corrected chi connectivity index (χ1v) is 7.78. The van der Waals surface area contributed by atoms with Crippen LogP contribution in [0, 0.1) is 0 Å². The highest BCUT2D eigenvalue weighted by Gasteiger charge is 2.22. The molecule has 0 amide bonds. The second-order valence-electron chi connectivity index (χ2n) is 5.04. The van der Waals surface area contributed by atoms with Crippen molar-refractivity contribution in [1.82, 2.24) is 14.9 Å². The van der Waals surface area contributed by atoms with Crippen molar-refractivity contribution in [3.63, 3.8) is 0 Å². The van der Waals surface area contributed by atoms with Crippen molar-refractivity contribution >= 4 is 27.4 Å². The highest BCUT2D eigenvalue weighted by atomic mass is 32.1. The lowest BCUT2D eigenvalue weighted by Crippen LogP contribution is -2.25. The maximum atomic E-state index is 4.72. The minimum atomic E-state index is 0.886. The number of hydrogen-bond acceptors (Lipinski definition) is 5. The molecule has 0 spiro atoms. The lowest BCUT2D eigenvalue weighted by Gasteiger charge is -2.22. The zero-order valence-corrected chi connectivity index (χ0v) is 12.6. The van der Waals surface area contributed by atoms with Crippen molar-refractivity contribution in [1.29, 1.82) is 0 Å². The number of thiophene rings is 1. The van der Waals surface area contributed by atoms with Gasteiger partial charge in [0, 0.05) is 30.9 Å². The number of rotatable bonds is 3. The molecule has 0 saturated carbocycles. The number of hydrogen-bond donors (Lipinski definition) is 1. The fourth-order valence-electron chi connectivity index (χ4n) is 2.62. The van der Waals surface area contributed by atoms with Gasteiger partial charge in [-0.2, -0.15) is 0 Å². The van der Waals surface area contributed by atoms with Gasteiger partial charge < -0.3 is 10.2 Å². The molecule has 2 aromatic heterocycles. The Hall–Kier alpha value is -1.20. The summed E-state index contributed by atoms with van der Waals surface area (Å²) in [6, 6.07) is 0. The van der Waals surface area contributed by atoms with Crippen LogP contribution in [0.15, 0.2) is 0 Å². The number of aromatic nitrogens is 2. The Balaban J connectivity index is 2.20. The predicted octanol–water partition coefficient (Wildman–Crippen LogP) is 2.67. The first-order valence-electron chi connectivity index (χ1n) is 6.96. The van der Waals surface area contributed by atoms with Gasteiger partial charge in [0.15, 0.2) is 0 Å². The first-order chi connectivity index (χ1) is 9.22. The van der Waals surface area contributed by atoms with E-state index in [4.69, 9.17) is 4.98 Å². The second-order valence-corrected chi connectivity index (χ2v) is 6.13. The quantitative estimate of drug-likeness (QED) is 0.936. The van der Waals surface area contributed by atoms with Gasteiger partial charge in [0.1, 0.15) is 16.5 Å². The fourth-order valence-corrected chi connectivity index (χ4v) is 3.94. The van der Waals surface area contributed by atoms with Gasteiger partial charge in [-0.1, -0.05) is 6.92 Å². The van der Waals surface area contributed by atoms with Crippen molar-refractivity contribution in [2.75, 3.05) is 25.5 Å². The third kappa shape index (κ3) is 2.21. The van der Waals surface area contributed by atoms with Gasteiger partial charge in [-0.15, -0.1) is 11.3 Å². The molecule has 4 nitrogen and oxygen atoms in total. The Kier molecular flexibility index (Phi) is 3.41. The molecule has 0 unspecified atom stereocenters. The van der Waals surface area contributed by atoms with E-state index in [2.05, 4.69) is 36.1 Å². The molecule has 1 aliphatic heterocycles. The largest absolute Gasteiger partial charge is 0.370 e. The number of anilines is 1. The van der Waals surface area contributed by atoms with Gasteiger partial charge in [-0.25, -0.2) is 9.97 Å². The monoisotopic (exact) mass is 276 g/mol. The highest BCUT2D eigenvalue weighted by molar-refractivity contribution is 7.19. The summed E-state index contributed by atoms with van der Waals surface area (Å²) >= 11 is 1.84. The summed E-state index contributed by atoms with van der Waals surface area (Å²) in [5.41, 5.74) is 1.47. The molecule has 0 fully saturated rings. The van der Waals surface area contributed by atoms with Crippen LogP contribution in [0.25, 0.3) is 10.2 Å².